The van der Waals surface area contributed by atoms with Crippen LogP contribution in [0.15, 0.2) is 24.3 Å². The molecule has 0 bridgehead atoms. The lowest BCUT2D eigenvalue weighted by atomic mass is 10.0. The summed E-state index contributed by atoms with van der Waals surface area (Å²) in [7, 11) is 1.59. The zero-order valence-electron chi connectivity index (χ0n) is 13.3. The summed E-state index contributed by atoms with van der Waals surface area (Å²) in [6.45, 7) is 3.34. The molecule has 1 saturated heterocycles. The van der Waals surface area contributed by atoms with Gasteiger partial charge in [0.15, 0.2) is 0 Å². The predicted octanol–water partition coefficient (Wildman–Crippen LogP) is 2.22. The van der Waals surface area contributed by atoms with Crippen molar-refractivity contribution in [2.24, 2.45) is 0 Å². The van der Waals surface area contributed by atoms with Crippen molar-refractivity contribution in [3.05, 3.63) is 29.8 Å². The van der Waals surface area contributed by atoms with Crippen molar-refractivity contribution in [2.45, 2.75) is 38.6 Å². The van der Waals surface area contributed by atoms with Gasteiger partial charge in [0.25, 0.3) is 5.91 Å². The molecule has 2 rings (SSSR count). The molecule has 0 aromatic heterocycles. The van der Waals surface area contributed by atoms with Gasteiger partial charge in [-0.05, 0) is 37.5 Å². The Bertz CT molecular complexity index is 522. The summed E-state index contributed by atoms with van der Waals surface area (Å²) in [5.74, 6) is 0.824. The number of hydrogen-bond acceptors (Lipinski definition) is 3. The summed E-state index contributed by atoms with van der Waals surface area (Å²) >= 11 is 0. The first-order valence-electron chi connectivity index (χ1n) is 7.86. The molecule has 1 N–H and O–H groups in total. The lowest BCUT2D eigenvalue weighted by molar-refractivity contribution is -0.122. The first-order valence-corrected chi connectivity index (χ1v) is 7.86. The number of nitrogens with one attached hydrogen (secondary N) is 1. The Morgan fingerprint density at radius 2 is 2.05 bits per heavy atom. The summed E-state index contributed by atoms with van der Waals surface area (Å²) in [6, 6.07) is 7.40. The minimum atomic E-state index is 0.0252. The Hall–Kier alpha value is -2.04. The maximum atomic E-state index is 12.5. The van der Waals surface area contributed by atoms with Crippen molar-refractivity contribution < 1.29 is 14.3 Å². The van der Waals surface area contributed by atoms with Crippen molar-refractivity contribution in [1.82, 2.24) is 10.2 Å². The summed E-state index contributed by atoms with van der Waals surface area (Å²) in [5.41, 5.74) is 0.646. The summed E-state index contributed by atoms with van der Waals surface area (Å²) in [5, 5.41) is 3.04. The van der Waals surface area contributed by atoms with Crippen LogP contribution >= 0.6 is 0 Å². The summed E-state index contributed by atoms with van der Waals surface area (Å²) < 4.78 is 5.16. The molecule has 0 radical (unpaired) electrons. The second-order valence-corrected chi connectivity index (χ2v) is 5.62. The number of ether oxygens (including phenoxy) is 1. The Morgan fingerprint density at radius 3 is 2.68 bits per heavy atom. The molecule has 0 atom stereocenters. The van der Waals surface area contributed by atoms with E-state index in [9.17, 15) is 9.59 Å². The number of hydrogen-bond donors (Lipinski definition) is 1. The third-order valence-electron chi connectivity index (χ3n) is 3.94. The molecule has 0 saturated carbocycles. The van der Waals surface area contributed by atoms with Crippen LogP contribution in [0.3, 0.4) is 0 Å². The second kappa shape index (κ2) is 7.82. The van der Waals surface area contributed by atoms with E-state index in [1.165, 1.54) is 0 Å². The average molecular weight is 304 g/mol. The summed E-state index contributed by atoms with van der Waals surface area (Å²) in [6.07, 6.45) is 3.05. The predicted molar refractivity (Wildman–Crippen MR) is 85.0 cm³/mol. The van der Waals surface area contributed by atoms with Gasteiger partial charge in [-0.2, -0.15) is 0 Å². The van der Waals surface area contributed by atoms with Gasteiger partial charge in [-0.15, -0.1) is 0 Å². The fraction of sp³-hybridized carbons (Fsp3) is 0.529. The van der Waals surface area contributed by atoms with E-state index in [1.807, 2.05) is 24.0 Å². The number of amides is 2. The first-order chi connectivity index (χ1) is 10.6. The molecule has 5 nitrogen and oxygen atoms in total. The van der Waals surface area contributed by atoms with Crippen molar-refractivity contribution >= 4 is 11.8 Å². The van der Waals surface area contributed by atoms with Crippen LogP contribution in [0.25, 0.3) is 0 Å². The van der Waals surface area contributed by atoms with Gasteiger partial charge in [-0.3, -0.25) is 9.59 Å². The molecule has 0 aliphatic carbocycles. The molecular formula is C17H24N2O3. The van der Waals surface area contributed by atoms with Crippen molar-refractivity contribution in [1.29, 1.82) is 0 Å². The normalized spacial score (nSPS) is 15.5. The Kier molecular flexibility index (Phi) is 5.81. The van der Waals surface area contributed by atoms with Gasteiger partial charge in [-0.25, -0.2) is 0 Å². The van der Waals surface area contributed by atoms with E-state index in [-0.39, 0.29) is 17.9 Å². The molecule has 1 heterocycles. The number of nitrogens with zero attached hydrogens (tertiary/aromatic N) is 1. The highest BCUT2D eigenvalue weighted by molar-refractivity contribution is 5.94. The summed E-state index contributed by atoms with van der Waals surface area (Å²) in [4.78, 5) is 25.9. The van der Waals surface area contributed by atoms with Crippen LogP contribution in [0, 0.1) is 0 Å². The highest BCUT2D eigenvalue weighted by atomic mass is 16.5. The van der Waals surface area contributed by atoms with Crippen molar-refractivity contribution in [3.8, 4) is 5.75 Å². The third-order valence-corrected chi connectivity index (χ3v) is 3.94. The van der Waals surface area contributed by atoms with Gasteiger partial charge in [0, 0.05) is 31.1 Å². The lowest BCUT2D eigenvalue weighted by Crippen LogP contribution is -2.46. The molecule has 0 spiro atoms. The maximum absolute atomic E-state index is 12.5. The Labute approximate surface area is 131 Å². The van der Waals surface area contributed by atoms with E-state index in [2.05, 4.69) is 5.32 Å². The van der Waals surface area contributed by atoms with Gasteiger partial charge < -0.3 is 15.0 Å². The smallest absolute Gasteiger partial charge is 0.253 e. The topological polar surface area (TPSA) is 58.6 Å². The van der Waals surface area contributed by atoms with Crippen molar-refractivity contribution in [2.75, 3.05) is 20.2 Å². The van der Waals surface area contributed by atoms with E-state index in [0.717, 1.165) is 19.3 Å². The van der Waals surface area contributed by atoms with E-state index in [0.29, 0.717) is 30.8 Å². The zero-order valence-corrected chi connectivity index (χ0v) is 13.3. The van der Waals surface area contributed by atoms with Crippen LogP contribution in [0.1, 0.15) is 43.0 Å². The van der Waals surface area contributed by atoms with Crippen LogP contribution in [-0.4, -0.2) is 43.0 Å². The quantitative estimate of drug-likeness (QED) is 0.907. The van der Waals surface area contributed by atoms with Gasteiger partial charge in [0.2, 0.25) is 5.91 Å². The standard InChI is InChI=1S/C17H24N2O3/c1-3-5-16(20)18-14-8-10-19(11-9-14)17(21)13-6-4-7-15(12-13)22-2/h4,6-7,12,14H,3,5,8-11H2,1-2H3,(H,18,20). The van der Waals surface area contributed by atoms with Crippen molar-refractivity contribution in [3.63, 3.8) is 0 Å². The molecule has 2 amide bonds. The minimum Gasteiger partial charge on any atom is -0.497 e. The Balaban J connectivity index is 1.88. The van der Waals surface area contributed by atoms with Crippen LogP contribution in [0.5, 0.6) is 5.75 Å². The second-order valence-electron chi connectivity index (χ2n) is 5.62. The number of rotatable bonds is 5. The molecule has 1 fully saturated rings. The molecule has 1 aliphatic heterocycles. The van der Waals surface area contributed by atoms with Crippen LogP contribution in [-0.2, 0) is 4.79 Å². The number of carbonyl (C=O) groups is 2. The van der Waals surface area contributed by atoms with Gasteiger partial charge in [0.05, 0.1) is 7.11 Å². The number of benzene rings is 1. The number of carbonyl (C=O) groups excluding carboxylic acids is 2. The minimum absolute atomic E-state index is 0.0252. The number of methoxy groups -OCH3 is 1. The highest BCUT2D eigenvalue weighted by Crippen LogP contribution is 2.17. The number of piperidine rings is 1. The largest absolute Gasteiger partial charge is 0.497 e. The molecule has 1 aromatic rings. The molecule has 120 valence electrons. The fourth-order valence-electron chi connectivity index (χ4n) is 2.69. The molecule has 0 unspecified atom stereocenters. The molecule has 1 aromatic carbocycles. The van der Waals surface area contributed by atoms with Crippen LogP contribution in [0.4, 0.5) is 0 Å². The molecule has 5 heteroatoms. The average Bonchev–Trinajstić information content (AvgIpc) is 2.55. The highest BCUT2D eigenvalue weighted by Gasteiger charge is 2.24. The van der Waals surface area contributed by atoms with Gasteiger partial charge in [0.1, 0.15) is 5.75 Å². The van der Waals surface area contributed by atoms with Crippen LogP contribution < -0.4 is 10.1 Å². The van der Waals surface area contributed by atoms with Gasteiger partial charge in [-0.1, -0.05) is 13.0 Å². The Morgan fingerprint density at radius 1 is 1.32 bits per heavy atom. The first kappa shape index (κ1) is 16.3. The molecular weight excluding hydrogens is 280 g/mol. The van der Waals surface area contributed by atoms with Crippen LogP contribution in [0.2, 0.25) is 0 Å². The fourth-order valence-corrected chi connectivity index (χ4v) is 2.69. The van der Waals surface area contributed by atoms with E-state index in [4.69, 9.17) is 4.74 Å². The zero-order chi connectivity index (χ0) is 15.9. The molecule has 1 aliphatic rings. The lowest BCUT2D eigenvalue weighted by Gasteiger charge is -2.32. The van der Waals surface area contributed by atoms with E-state index in [1.54, 1.807) is 19.2 Å². The number of likely N-dealkylation sites (tertiary alicyclic amines) is 1. The van der Waals surface area contributed by atoms with E-state index < -0.39 is 0 Å². The third kappa shape index (κ3) is 4.23. The molecule has 22 heavy (non-hydrogen) atoms. The monoisotopic (exact) mass is 304 g/mol. The SMILES string of the molecule is CCCC(=O)NC1CCN(C(=O)c2cccc(OC)c2)CC1. The van der Waals surface area contributed by atoms with E-state index >= 15 is 0 Å². The van der Waals surface area contributed by atoms with Gasteiger partial charge >= 0.3 is 0 Å². The maximum Gasteiger partial charge on any atom is 0.253 e.